The minimum atomic E-state index is -0.700. The molecular weight excluding hydrogens is 272 g/mol. The Hall–Kier alpha value is -1.31. The van der Waals surface area contributed by atoms with Crippen molar-refractivity contribution >= 4 is 5.97 Å². The van der Waals surface area contributed by atoms with E-state index in [0.717, 1.165) is 38.5 Å². The van der Waals surface area contributed by atoms with Gasteiger partial charge in [0.05, 0.1) is 0 Å². The molecule has 0 heterocycles. The highest BCUT2D eigenvalue weighted by Gasteiger charge is 1.92. The zero-order chi connectivity index (χ0) is 16.3. The Balaban J connectivity index is 3.27. The third kappa shape index (κ3) is 18.7. The number of carbonyl (C=O) groups is 1. The van der Waals surface area contributed by atoms with Crippen molar-refractivity contribution in [3.05, 3.63) is 36.5 Å². The van der Waals surface area contributed by atoms with Gasteiger partial charge in [0.1, 0.15) is 0 Å². The molecule has 0 spiro atoms. The van der Waals surface area contributed by atoms with E-state index in [4.69, 9.17) is 5.11 Å². The molecule has 22 heavy (non-hydrogen) atoms. The normalized spacial score (nSPS) is 12.0. The van der Waals surface area contributed by atoms with Gasteiger partial charge in [-0.1, -0.05) is 56.2 Å². The first-order valence-electron chi connectivity index (χ1n) is 8.94. The van der Waals surface area contributed by atoms with E-state index in [1.54, 1.807) is 0 Å². The van der Waals surface area contributed by atoms with Crippen molar-refractivity contribution < 1.29 is 9.90 Å². The third-order valence-electron chi connectivity index (χ3n) is 3.48. The van der Waals surface area contributed by atoms with E-state index < -0.39 is 5.97 Å². The number of hydrogen-bond acceptors (Lipinski definition) is 1. The molecule has 0 bridgehead atoms. The van der Waals surface area contributed by atoms with Gasteiger partial charge in [0, 0.05) is 6.42 Å². The van der Waals surface area contributed by atoms with E-state index in [1.165, 1.54) is 32.1 Å². The topological polar surface area (TPSA) is 37.3 Å². The summed E-state index contributed by atoms with van der Waals surface area (Å²) < 4.78 is 0. The molecule has 0 aromatic carbocycles. The van der Waals surface area contributed by atoms with Gasteiger partial charge in [-0.2, -0.15) is 0 Å². The van der Waals surface area contributed by atoms with Crippen LogP contribution in [0.1, 0.15) is 84.0 Å². The molecule has 2 nitrogen and oxygen atoms in total. The van der Waals surface area contributed by atoms with Crippen LogP contribution in [-0.2, 0) is 4.79 Å². The second-order valence-electron chi connectivity index (χ2n) is 5.70. The van der Waals surface area contributed by atoms with E-state index in [1.807, 2.05) is 0 Å². The van der Waals surface area contributed by atoms with Crippen LogP contribution in [0.25, 0.3) is 0 Å². The van der Waals surface area contributed by atoms with E-state index in [0.29, 0.717) is 0 Å². The van der Waals surface area contributed by atoms with Crippen LogP contribution in [0.3, 0.4) is 0 Å². The van der Waals surface area contributed by atoms with Crippen LogP contribution in [0.4, 0.5) is 0 Å². The number of aliphatic carboxylic acids is 1. The lowest BCUT2D eigenvalue weighted by Crippen LogP contribution is -1.92. The summed E-state index contributed by atoms with van der Waals surface area (Å²) in [5.74, 6) is -0.700. The summed E-state index contributed by atoms with van der Waals surface area (Å²) in [5, 5.41) is 8.50. The summed E-state index contributed by atoms with van der Waals surface area (Å²) in [6.45, 7) is 2.24. The van der Waals surface area contributed by atoms with Gasteiger partial charge in [0.25, 0.3) is 0 Å². The van der Waals surface area contributed by atoms with Gasteiger partial charge < -0.3 is 5.11 Å². The first kappa shape index (κ1) is 20.7. The first-order valence-corrected chi connectivity index (χ1v) is 8.94. The van der Waals surface area contributed by atoms with E-state index in [-0.39, 0.29) is 6.42 Å². The van der Waals surface area contributed by atoms with E-state index in [2.05, 4.69) is 43.4 Å². The Morgan fingerprint density at radius 2 is 1.14 bits per heavy atom. The van der Waals surface area contributed by atoms with Crippen molar-refractivity contribution in [1.82, 2.24) is 0 Å². The number of carboxylic acid groups (broad SMARTS) is 1. The summed E-state index contributed by atoms with van der Waals surface area (Å²) >= 11 is 0. The average Bonchev–Trinajstić information content (AvgIpc) is 2.50. The summed E-state index contributed by atoms with van der Waals surface area (Å²) in [7, 11) is 0. The number of unbranched alkanes of at least 4 members (excludes halogenated alkanes) is 7. The fourth-order valence-electron chi connectivity index (χ4n) is 2.14. The number of allylic oxidation sites excluding steroid dienone is 6. The maximum Gasteiger partial charge on any atom is 0.303 e. The Kier molecular flexibility index (Phi) is 16.7. The van der Waals surface area contributed by atoms with Crippen LogP contribution in [0.2, 0.25) is 0 Å². The van der Waals surface area contributed by atoms with Crippen molar-refractivity contribution in [3.63, 3.8) is 0 Å². The predicted molar refractivity (Wildman–Crippen MR) is 96.1 cm³/mol. The minimum Gasteiger partial charge on any atom is -0.481 e. The minimum absolute atomic E-state index is 0.278. The SMILES string of the molecule is CCCCCC=CCCC=CCCC/C=C\CCCC(=O)O. The van der Waals surface area contributed by atoms with Crippen molar-refractivity contribution in [1.29, 1.82) is 0 Å². The molecule has 126 valence electrons. The maximum atomic E-state index is 10.3. The molecule has 0 aromatic rings. The van der Waals surface area contributed by atoms with Gasteiger partial charge in [-0.25, -0.2) is 0 Å². The van der Waals surface area contributed by atoms with Crippen LogP contribution in [0, 0.1) is 0 Å². The molecular formula is C20H34O2. The van der Waals surface area contributed by atoms with Crippen LogP contribution < -0.4 is 0 Å². The predicted octanol–water partition coefficient (Wildman–Crippen LogP) is 6.44. The smallest absolute Gasteiger partial charge is 0.303 e. The Morgan fingerprint density at radius 1 is 0.682 bits per heavy atom. The van der Waals surface area contributed by atoms with Gasteiger partial charge in [0.2, 0.25) is 0 Å². The number of carboxylic acids is 1. The Morgan fingerprint density at radius 3 is 1.64 bits per heavy atom. The summed E-state index contributed by atoms with van der Waals surface area (Å²) in [5.41, 5.74) is 0. The second-order valence-corrected chi connectivity index (χ2v) is 5.70. The third-order valence-corrected chi connectivity index (χ3v) is 3.48. The molecule has 0 rings (SSSR count). The molecule has 2 heteroatoms. The molecule has 1 N–H and O–H groups in total. The highest BCUT2D eigenvalue weighted by atomic mass is 16.4. The monoisotopic (exact) mass is 306 g/mol. The largest absolute Gasteiger partial charge is 0.481 e. The fourth-order valence-corrected chi connectivity index (χ4v) is 2.14. The maximum absolute atomic E-state index is 10.3. The highest BCUT2D eigenvalue weighted by molar-refractivity contribution is 5.66. The number of rotatable bonds is 15. The van der Waals surface area contributed by atoms with E-state index in [9.17, 15) is 4.79 Å². The lowest BCUT2D eigenvalue weighted by atomic mass is 10.1. The highest BCUT2D eigenvalue weighted by Crippen LogP contribution is 2.04. The standard InChI is InChI=1S/C20H34O2/c1-2-3-4-5-6-7-8-9-10-11-12-13-14-15-16-17-18-19-20(21)22/h6-7,10-11,15-16H,2-5,8-9,12-14,17-19H2,1H3,(H,21,22)/b7-6?,11-10?,16-15-. The zero-order valence-electron chi connectivity index (χ0n) is 14.3. The van der Waals surface area contributed by atoms with Gasteiger partial charge in [0.15, 0.2) is 0 Å². The molecule has 0 saturated carbocycles. The molecule has 0 radical (unpaired) electrons. The molecule has 0 saturated heterocycles. The van der Waals surface area contributed by atoms with Gasteiger partial charge in [-0.3, -0.25) is 4.79 Å². The van der Waals surface area contributed by atoms with Crippen LogP contribution >= 0.6 is 0 Å². The molecule has 0 aliphatic heterocycles. The molecule has 0 amide bonds. The van der Waals surface area contributed by atoms with Crippen LogP contribution in [0.5, 0.6) is 0 Å². The molecule has 0 atom stereocenters. The molecule has 0 aromatic heterocycles. The lowest BCUT2D eigenvalue weighted by Gasteiger charge is -1.93. The summed E-state index contributed by atoms with van der Waals surface area (Å²) in [4.78, 5) is 10.3. The first-order chi connectivity index (χ1) is 10.8. The second kappa shape index (κ2) is 17.7. The summed E-state index contributed by atoms with van der Waals surface area (Å²) in [6.07, 6.45) is 26.3. The average molecular weight is 306 g/mol. The van der Waals surface area contributed by atoms with Crippen molar-refractivity contribution in [3.8, 4) is 0 Å². The van der Waals surface area contributed by atoms with Crippen molar-refractivity contribution in [2.75, 3.05) is 0 Å². The Bertz CT molecular complexity index is 327. The number of hydrogen-bond donors (Lipinski definition) is 1. The van der Waals surface area contributed by atoms with E-state index >= 15 is 0 Å². The summed E-state index contributed by atoms with van der Waals surface area (Å²) in [6, 6.07) is 0. The fraction of sp³-hybridized carbons (Fsp3) is 0.650. The van der Waals surface area contributed by atoms with Crippen LogP contribution in [0.15, 0.2) is 36.5 Å². The molecule has 0 aliphatic carbocycles. The molecule has 0 fully saturated rings. The van der Waals surface area contributed by atoms with Gasteiger partial charge in [-0.05, 0) is 57.8 Å². The van der Waals surface area contributed by atoms with Crippen LogP contribution in [-0.4, -0.2) is 11.1 Å². The lowest BCUT2D eigenvalue weighted by molar-refractivity contribution is -0.137. The Labute approximate surface area is 137 Å². The van der Waals surface area contributed by atoms with Crippen molar-refractivity contribution in [2.45, 2.75) is 84.0 Å². The molecule has 0 unspecified atom stereocenters. The van der Waals surface area contributed by atoms with Gasteiger partial charge >= 0.3 is 5.97 Å². The quantitative estimate of drug-likeness (QED) is 0.279. The van der Waals surface area contributed by atoms with Crippen molar-refractivity contribution in [2.24, 2.45) is 0 Å². The zero-order valence-corrected chi connectivity index (χ0v) is 14.3. The molecule has 0 aliphatic rings. The van der Waals surface area contributed by atoms with Gasteiger partial charge in [-0.15, -0.1) is 0 Å².